The summed E-state index contributed by atoms with van der Waals surface area (Å²) in [4.78, 5) is 40.8. The molecule has 1 amide bonds. The third kappa shape index (κ3) is 3.73. The van der Waals surface area contributed by atoms with E-state index in [1.165, 1.54) is 4.90 Å². The lowest BCUT2D eigenvalue weighted by atomic mass is 9.57. The van der Waals surface area contributed by atoms with Crippen molar-refractivity contribution < 1.29 is 34.8 Å². The van der Waals surface area contributed by atoms with Crippen LogP contribution >= 0.6 is 11.6 Å². The first-order valence-corrected chi connectivity index (χ1v) is 13.4. The van der Waals surface area contributed by atoms with Gasteiger partial charge in [-0.1, -0.05) is 41.9 Å². The summed E-state index contributed by atoms with van der Waals surface area (Å²) in [5, 5.41) is 47.3. The van der Waals surface area contributed by atoms with E-state index in [0.717, 1.165) is 11.1 Å². The first kappa shape index (κ1) is 27.0. The Morgan fingerprint density at radius 3 is 2.41 bits per heavy atom. The van der Waals surface area contributed by atoms with Crippen LogP contribution in [0.2, 0.25) is 5.02 Å². The Bertz CT molecular complexity index is 1780. The van der Waals surface area contributed by atoms with Crippen molar-refractivity contribution in [2.24, 2.45) is 17.6 Å². The highest BCUT2D eigenvalue weighted by molar-refractivity contribution is 6.30. The van der Waals surface area contributed by atoms with E-state index in [1.807, 2.05) is 30.3 Å². The quantitative estimate of drug-likeness (QED) is 0.297. The lowest BCUT2D eigenvalue weighted by molar-refractivity contribution is -0.153. The van der Waals surface area contributed by atoms with Crippen molar-refractivity contribution in [3.8, 4) is 16.9 Å². The second-order valence-corrected chi connectivity index (χ2v) is 11.6. The molecule has 6 N–H and O–H groups in total. The molecule has 0 saturated heterocycles. The lowest BCUT2D eigenvalue weighted by Crippen LogP contribution is -2.65. The zero-order valence-electron chi connectivity index (χ0n) is 22.2. The number of nitrogens with zero attached hydrogens (tertiary/aromatic N) is 1. The summed E-state index contributed by atoms with van der Waals surface area (Å²) < 4.78 is 0. The maximum atomic E-state index is 14.0. The van der Waals surface area contributed by atoms with E-state index >= 15 is 0 Å². The number of ketones is 2. The summed E-state index contributed by atoms with van der Waals surface area (Å²) in [6, 6.07) is 13.4. The third-order valence-electron chi connectivity index (χ3n) is 8.68. The van der Waals surface area contributed by atoms with Gasteiger partial charge < -0.3 is 26.2 Å². The van der Waals surface area contributed by atoms with Gasteiger partial charge >= 0.3 is 0 Å². The molecule has 1 saturated carbocycles. The maximum Gasteiger partial charge on any atom is 0.255 e. The van der Waals surface area contributed by atoms with Gasteiger partial charge in [-0.05, 0) is 73.1 Å². The normalized spacial score (nSPS) is 25.8. The van der Waals surface area contributed by atoms with Crippen molar-refractivity contribution in [3.63, 3.8) is 0 Å². The van der Waals surface area contributed by atoms with E-state index in [1.54, 1.807) is 32.3 Å². The number of aliphatic hydroxyl groups is 3. The molecular formula is C31H27ClN2O7. The predicted molar refractivity (Wildman–Crippen MR) is 152 cm³/mol. The molecule has 0 heterocycles. The van der Waals surface area contributed by atoms with Crippen molar-refractivity contribution in [1.29, 1.82) is 0 Å². The third-order valence-corrected chi connectivity index (χ3v) is 8.92. The molecular weight excluding hydrogens is 548 g/mol. The van der Waals surface area contributed by atoms with E-state index < -0.39 is 58.0 Å². The molecule has 3 aliphatic carbocycles. The summed E-state index contributed by atoms with van der Waals surface area (Å²) in [5.74, 6) is -6.70. The van der Waals surface area contributed by atoms with Crippen molar-refractivity contribution >= 4 is 45.6 Å². The molecule has 1 fully saturated rings. The Labute approximate surface area is 239 Å². The fourth-order valence-electron chi connectivity index (χ4n) is 6.86. The number of hydrogen-bond donors (Lipinski definition) is 5. The number of phenols is 1. The average Bonchev–Trinajstić information content (AvgIpc) is 2.90. The Balaban J connectivity index is 1.54. The van der Waals surface area contributed by atoms with Gasteiger partial charge in [-0.15, -0.1) is 0 Å². The molecule has 0 radical (unpaired) electrons. The van der Waals surface area contributed by atoms with Crippen LogP contribution in [0.25, 0.3) is 27.7 Å². The Morgan fingerprint density at radius 1 is 1.05 bits per heavy atom. The molecule has 6 rings (SSSR count). The summed E-state index contributed by atoms with van der Waals surface area (Å²) in [5.41, 5.74) is 3.93. The van der Waals surface area contributed by atoms with Crippen molar-refractivity contribution in [2.45, 2.75) is 24.5 Å². The van der Waals surface area contributed by atoms with Gasteiger partial charge in [-0.25, -0.2) is 0 Å². The van der Waals surface area contributed by atoms with Gasteiger partial charge in [-0.2, -0.15) is 0 Å². The number of amides is 1. The molecule has 9 nitrogen and oxygen atoms in total. The Kier molecular flexibility index (Phi) is 6.04. The number of hydrogen-bond acceptors (Lipinski definition) is 8. The first-order chi connectivity index (χ1) is 19.4. The van der Waals surface area contributed by atoms with Crippen molar-refractivity contribution in [2.75, 3.05) is 14.1 Å². The number of carbonyl (C=O) groups excluding carboxylic acids is 3. The molecule has 0 spiro atoms. The molecule has 4 atom stereocenters. The maximum absolute atomic E-state index is 14.0. The number of Topliss-reactive ketones (excluding diaryl/α,β-unsaturated/α-hetero) is 2. The predicted octanol–water partition coefficient (Wildman–Crippen LogP) is 3.44. The minimum atomic E-state index is -2.67. The number of rotatable bonds is 3. The largest absolute Gasteiger partial charge is 0.508 e. The molecule has 3 aromatic carbocycles. The second kappa shape index (κ2) is 9.17. The van der Waals surface area contributed by atoms with Gasteiger partial charge in [0.25, 0.3) is 5.91 Å². The second-order valence-electron chi connectivity index (χ2n) is 11.2. The zero-order chi connectivity index (χ0) is 29.5. The SMILES string of the molecule is CN(C)[C@@H]1C(=O)C(C(N)=O)=C(O)[C@@]2(O)C(=O)C3=C(O)c4c(cc5ccc(-c6cccc(Cl)c6)cc5c4O)C[C@H]3C[C@@H]12. The van der Waals surface area contributed by atoms with Gasteiger partial charge in [0.1, 0.15) is 22.8 Å². The van der Waals surface area contributed by atoms with E-state index in [2.05, 4.69) is 0 Å². The molecule has 10 heteroatoms. The number of benzene rings is 3. The molecule has 3 aromatic rings. The number of aromatic hydroxyl groups is 1. The lowest BCUT2D eigenvalue weighted by Gasteiger charge is -2.50. The van der Waals surface area contributed by atoms with Crippen LogP contribution in [-0.2, 0) is 20.8 Å². The minimum absolute atomic E-state index is 0.0399. The van der Waals surface area contributed by atoms with Gasteiger partial charge in [-0.3, -0.25) is 19.3 Å². The van der Waals surface area contributed by atoms with Crippen LogP contribution in [0.3, 0.4) is 0 Å². The van der Waals surface area contributed by atoms with Crippen LogP contribution in [0.15, 0.2) is 65.4 Å². The number of carbonyl (C=O) groups is 3. The number of aliphatic hydroxyl groups excluding tert-OH is 2. The molecule has 210 valence electrons. The molecule has 0 unspecified atom stereocenters. The highest BCUT2D eigenvalue weighted by Crippen LogP contribution is 2.53. The van der Waals surface area contributed by atoms with E-state index in [-0.39, 0.29) is 29.7 Å². The zero-order valence-corrected chi connectivity index (χ0v) is 22.9. The number of halogens is 1. The van der Waals surface area contributed by atoms with Crippen LogP contribution in [0.1, 0.15) is 17.5 Å². The molecule has 0 aromatic heterocycles. The monoisotopic (exact) mass is 574 g/mol. The summed E-state index contributed by atoms with van der Waals surface area (Å²) in [7, 11) is 3.13. The van der Waals surface area contributed by atoms with Gasteiger partial charge in [0.2, 0.25) is 5.78 Å². The van der Waals surface area contributed by atoms with Crippen LogP contribution < -0.4 is 5.73 Å². The number of likely N-dealkylation sites (N-methyl/N-ethyl adjacent to an activating group) is 1. The fourth-order valence-corrected chi connectivity index (χ4v) is 7.05. The van der Waals surface area contributed by atoms with Crippen LogP contribution in [-0.4, -0.2) is 68.5 Å². The van der Waals surface area contributed by atoms with E-state index in [9.17, 15) is 34.8 Å². The highest BCUT2D eigenvalue weighted by atomic mass is 35.5. The summed E-state index contributed by atoms with van der Waals surface area (Å²) >= 11 is 6.16. The smallest absolute Gasteiger partial charge is 0.255 e. The number of primary amides is 1. The molecule has 0 aliphatic heterocycles. The van der Waals surface area contributed by atoms with Crippen LogP contribution in [0, 0.1) is 11.8 Å². The van der Waals surface area contributed by atoms with Crippen molar-refractivity contribution in [1.82, 2.24) is 4.90 Å². The number of fused-ring (bicyclic) bond motifs is 4. The van der Waals surface area contributed by atoms with Gasteiger partial charge in [0, 0.05) is 21.9 Å². The first-order valence-electron chi connectivity index (χ1n) is 13.1. The summed E-state index contributed by atoms with van der Waals surface area (Å²) in [6.45, 7) is 0. The fraction of sp³-hybridized carbons (Fsp3) is 0.258. The molecule has 3 aliphatic rings. The Hall–Kier alpha value is -4.18. The standard InChI is InChI=1S/C31H27ClN2O7/c1-34(2)24-20-12-17-9-16-8-15-7-6-14(13-4-3-5-18(32)10-13)11-19(15)25(35)21(16)26(36)22(17)28(38)31(20,41)29(39)23(27(24)37)30(33)40/h3-8,10-11,17,20,24,35-36,39,41H,9,12H2,1-2H3,(H2,33,40)/t17-,20-,24-,31-/m0/s1. The number of nitrogens with two attached hydrogens (primary N) is 1. The van der Waals surface area contributed by atoms with Crippen LogP contribution in [0.4, 0.5) is 0 Å². The topological polar surface area (TPSA) is 161 Å². The molecule has 0 bridgehead atoms. The van der Waals surface area contributed by atoms with E-state index in [0.29, 0.717) is 21.4 Å². The van der Waals surface area contributed by atoms with Crippen molar-refractivity contribution in [3.05, 3.63) is 81.6 Å². The van der Waals surface area contributed by atoms with Gasteiger partial charge in [0.05, 0.1) is 11.6 Å². The minimum Gasteiger partial charge on any atom is -0.508 e. The average molecular weight is 575 g/mol. The van der Waals surface area contributed by atoms with Crippen LogP contribution in [0.5, 0.6) is 5.75 Å². The highest BCUT2D eigenvalue weighted by Gasteiger charge is 2.64. The van der Waals surface area contributed by atoms with Gasteiger partial charge in [0.15, 0.2) is 11.4 Å². The molecule has 41 heavy (non-hydrogen) atoms. The summed E-state index contributed by atoms with van der Waals surface area (Å²) in [6.07, 6.45) is 0.270. The Morgan fingerprint density at radius 2 is 1.76 bits per heavy atom. The van der Waals surface area contributed by atoms with E-state index in [4.69, 9.17) is 17.3 Å². The number of phenolic OH excluding ortho intramolecular Hbond substituents is 1.